The smallest absolute Gasteiger partial charge is 0.248 e. The van der Waals surface area contributed by atoms with Crippen molar-refractivity contribution in [3.8, 4) is 0 Å². The van der Waals surface area contributed by atoms with Crippen LogP contribution in [0.5, 0.6) is 0 Å². The molecular formula is C18H25FN2O2. The van der Waals surface area contributed by atoms with Gasteiger partial charge >= 0.3 is 0 Å². The zero-order valence-corrected chi connectivity index (χ0v) is 13.8. The van der Waals surface area contributed by atoms with Crippen LogP contribution in [0.15, 0.2) is 24.3 Å². The molecule has 2 heterocycles. The van der Waals surface area contributed by atoms with E-state index in [1.165, 1.54) is 12.1 Å². The number of carbonyl (C=O) groups excluding carboxylic acids is 1. The summed E-state index contributed by atoms with van der Waals surface area (Å²) >= 11 is 0. The maximum atomic E-state index is 13.0. The van der Waals surface area contributed by atoms with Crippen molar-refractivity contribution in [1.82, 2.24) is 9.80 Å². The topological polar surface area (TPSA) is 32.8 Å². The van der Waals surface area contributed by atoms with Crippen molar-refractivity contribution in [3.63, 3.8) is 0 Å². The first-order valence-corrected chi connectivity index (χ1v) is 8.49. The largest absolute Gasteiger partial charge is 0.363 e. The van der Waals surface area contributed by atoms with Crippen molar-refractivity contribution >= 4 is 5.91 Å². The molecule has 126 valence electrons. The van der Waals surface area contributed by atoms with Crippen molar-refractivity contribution in [1.29, 1.82) is 0 Å². The predicted molar refractivity (Wildman–Crippen MR) is 86.5 cm³/mol. The number of rotatable bonds is 3. The van der Waals surface area contributed by atoms with E-state index >= 15 is 0 Å². The highest BCUT2D eigenvalue weighted by molar-refractivity contribution is 5.78. The minimum absolute atomic E-state index is 0.102. The molecule has 0 bridgehead atoms. The van der Waals surface area contributed by atoms with Crippen LogP contribution in [0.1, 0.15) is 31.7 Å². The molecule has 0 saturated carbocycles. The van der Waals surface area contributed by atoms with Gasteiger partial charge in [0.05, 0.1) is 5.60 Å². The van der Waals surface area contributed by atoms with Crippen LogP contribution in [0.2, 0.25) is 0 Å². The van der Waals surface area contributed by atoms with Crippen molar-refractivity contribution < 1.29 is 13.9 Å². The Balaban J connectivity index is 1.60. The molecule has 2 aliphatic rings. The van der Waals surface area contributed by atoms with E-state index in [9.17, 15) is 9.18 Å². The summed E-state index contributed by atoms with van der Waals surface area (Å²) in [6.07, 6.45) is 3.00. The summed E-state index contributed by atoms with van der Waals surface area (Å²) in [6, 6.07) is 6.74. The molecule has 0 N–H and O–H groups in total. The van der Waals surface area contributed by atoms with Gasteiger partial charge in [0.15, 0.2) is 0 Å². The average molecular weight is 320 g/mol. The fourth-order valence-corrected chi connectivity index (χ4v) is 3.61. The molecule has 0 unspecified atom stereocenters. The number of benzene rings is 1. The Kier molecular flexibility index (Phi) is 4.97. The van der Waals surface area contributed by atoms with E-state index in [2.05, 4.69) is 4.90 Å². The molecular weight excluding hydrogens is 295 g/mol. The summed E-state index contributed by atoms with van der Waals surface area (Å²) < 4.78 is 19.0. The monoisotopic (exact) mass is 320 g/mol. The number of nitrogens with zero attached hydrogens (tertiary/aromatic N) is 2. The highest BCUT2D eigenvalue weighted by Gasteiger charge is 2.40. The van der Waals surface area contributed by atoms with Crippen LogP contribution in [-0.2, 0) is 16.1 Å². The third-order valence-electron chi connectivity index (χ3n) is 5.03. The highest BCUT2D eigenvalue weighted by atomic mass is 19.1. The molecule has 1 aromatic carbocycles. The van der Waals surface area contributed by atoms with Gasteiger partial charge in [0.2, 0.25) is 5.91 Å². The Morgan fingerprint density at radius 1 is 1.22 bits per heavy atom. The van der Waals surface area contributed by atoms with Crippen LogP contribution in [0.3, 0.4) is 0 Å². The molecule has 5 heteroatoms. The van der Waals surface area contributed by atoms with E-state index in [-0.39, 0.29) is 23.9 Å². The quantitative estimate of drug-likeness (QED) is 0.857. The lowest BCUT2D eigenvalue weighted by Crippen LogP contribution is -2.54. The van der Waals surface area contributed by atoms with Crippen LogP contribution in [-0.4, -0.2) is 54.1 Å². The fraction of sp³-hybridized carbons (Fsp3) is 0.611. The molecule has 0 aliphatic carbocycles. The Labute approximate surface area is 137 Å². The van der Waals surface area contributed by atoms with Gasteiger partial charge in [0, 0.05) is 26.2 Å². The maximum Gasteiger partial charge on any atom is 0.248 e. The summed E-state index contributed by atoms with van der Waals surface area (Å²) in [5, 5.41) is 0. The first kappa shape index (κ1) is 16.4. The van der Waals surface area contributed by atoms with E-state index in [0.29, 0.717) is 6.54 Å². The van der Waals surface area contributed by atoms with Gasteiger partial charge in [-0.15, -0.1) is 0 Å². The van der Waals surface area contributed by atoms with Crippen molar-refractivity contribution in [3.05, 3.63) is 35.6 Å². The fourth-order valence-electron chi connectivity index (χ4n) is 3.61. The maximum absolute atomic E-state index is 13.0. The van der Waals surface area contributed by atoms with Crippen LogP contribution < -0.4 is 0 Å². The minimum atomic E-state index is -0.191. The lowest BCUT2D eigenvalue weighted by atomic mass is 9.92. The number of likely N-dealkylation sites (tertiary alicyclic amines) is 1. The zero-order chi connectivity index (χ0) is 16.3. The normalized spacial score (nSPS) is 26.5. The summed E-state index contributed by atoms with van der Waals surface area (Å²) in [5.74, 6) is -0.0889. The van der Waals surface area contributed by atoms with Gasteiger partial charge < -0.3 is 9.64 Å². The van der Waals surface area contributed by atoms with E-state index in [1.807, 2.05) is 24.0 Å². The Morgan fingerprint density at radius 3 is 2.74 bits per heavy atom. The van der Waals surface area contributed by atoms with Crippen LogP contribution in [0.4, 0.5) is 4.39 Å². The Bertz CT molecular complexity index is 548. The van der Waals surface area contributed by atoms with Crippen LogP contribution in [0.25, 0.3) is 0 Å². The van der Waals surface area contributed by atoms with Gasteiger partial charge in [0.25, 0.3) is 0 Å². The molecule has 1 spiro atoms. The number of hydrogen-bond acceptors (Lipinski definition) is 3. The molecule has 4 nitrogen and oxygen atoms in total. The summed E-state index contributed by atoms with van der Waals surface area (Å²) in [5.41, 5.74) is 0.957. The zero-order valence-electron chi connectivity index (χ0n) is 13.8. The van der Waals surface area contributed by atoms with Crippen molar-refractivity contribution in [2.75, 3.05) is 32.8 Å². The Hall–Kier alpha value is -1.46. The van der Waals surface area contributed by atoms with Gasteiger partial charge in [-0.25, -0.2) is 4.39 Å². The van der Waals surface area contributed by atoms with E-state index < -0.39 is 0 Å². The third kappa shape index (κ3) is 3.90. The number of halogens is 1. The molecule has 2 aliphatic heterocycles. The van der Waals surface area contributed by atoms with Gasteiger partial charge in [-0.1, -0.05) is 12.1 Å². The van der Waals surface area contributed by atoms with Crippen molar-refractivity contribution in [2.24, 2.45) is 0 Å². The molecule has 23 heavy (non-hydrogen) atoms. The summed E-state index contributed by atoms with van der Waals surface area (Å²) in [6.45, 7) is 6.51. The first-order chi connectivity index (χ1) is 11.1. The number of morpholine rings is 1. The van der Waals surface area contributed by atoms with Crippen LogP contribution in [0, 0.1) is 5.82 Å². The number of carbonyl (C=O) groups is 1. The molecule has 2 saturated heterocycles. The number of hydrogen-bond donors (Lipinski definition) is 0. The molecule has 1 atom stereocenters. The van der Waals surface area contributed by atoms with Crippen LogP contribution >= 0.6 is 0 Å². The SMILES string of the molecule is CCN1C[C@@]2(CCCN(Cc3ccc(F)cc3)CC2)OCC1=O. The van der Waals surface area contributed by atoms with Crippen molar-refractivity contribution in [2.45, 2.75) is 38.3 Å². The summed E-state index contributed by atoms with van der Waals surface area (Å²) in [4.78, 5) is 16.1. The third-order valence-corrected chi connectivity index (χ3v) is 5.03. The van der Waals surface area contributed by atoms with E-state index in [4.69, 9.17) is 4.74 Å². The first-order valence-electron chi connectivity index (χ1n) is 8.49. The molecule has 1 amide bonds. The highest BCUT2D eigenvalue weighted by Crippen LogP contribution is 2.31. The van der Waals surface area contributed by atoms with E-state index in [0.717, 1.165) is 51.0 Å². The second-order valence-electron chi connectivity index (χ2n) is 6.64. The Morgan fingerprint density at radius 2 is 2.00 bits per heavy atom. The lowest BCUT2D eigenvalue weighted by molar-refractivity contribution is -0.165. The number of ether oxygens (including phenoxy) is 1. The number of amides is 1. The predicted octanol–water partition coefficient (Wildman–Crippen LogP) is 2.43. The minimum Gasteiger partial charge on any atom is -0.363 e. The number of likely N-dealkylation sites (N-methyl/N-ethyl adjacent to an activating group) is 1. The van der Waals surface area contributed by atoms with Gasteiger partial charge in [0.1, 0.15) is 12.4 Å². The molecule has 0 radical (unpaired) electrons. The second kappa shape index (κ2) is 6.97. The van der Waals surface area contributed by atoms with E-state index in [1.54, 1.807) is 0 Å². The standard InChI is InChI=1S/C18H25FN2O2/c1-2-21-14-18(23-13-17(21)22)8-3-10-20(11-9-18)12-15-4-6-16(19)7-5-15/h4-7H,2-3,8-14H2,1H3/t18-/m0/s1. The van der Waals surface area contributed by atoms with Gasteiger partial charge in [-0.05, 0) is 50.4 Å². The lowest BCUT2D eigenvalue weighted by Gasteiger charge is -2.42. The second-order valence-corrected chi connectivity index (χ2v) is 6.64. The van der Waals surface area contributed by atoms with Gasteiger partial charge in [-0.2, -0.15) is 0 Å². The summed E-state index contributed by atoms with van der Waals surface area (Å²) in [7, 11) is 0. The molecule has 1 aromatic rings. The molecule has 3 rings (SSSR count). The average Bonchev–Trinajstić information content (AvgIpc) is 2.75. The molecule has 2 fully saturated rings. The molecule has 0 aromatic heterocycles. The van der Waals surface area contributed by atoms with Gasteiger partial charge in [-0.3, -0.25) is 9.69 Å².